The summed E-state index contributed by atoms with van der Waals surface area (Å²) >= 11 is 3.36. The molecule has 0 aliphatic carbocycles. The summed E-state index contributed by atoms with van der Waals surface area (Å²) in [7, 11) is 0. The van der Waals surface area contributed by atoms with E-state index in [1.807, 2.05) is 42.6 Å². The quantitative estimate of drug-likeness (QED) is 0.780. The van der Waals surface area contributed by atoms with Crippen molar-refractivity contribution in [2.24, 2.45) is 0 Å². The number of hydrogen-bond donors (Lipinski definition) is 1. The average molecular weight is 327 g/mol. The van der Waals surface area contributed by atoms with E-state index in [0.29, 0.717) is 5.75 Å². The highest BCUT2D eigenvalue weighted by Gasteiger charge is 2.28. The second-order valence-electron chi connectivity index (χ2n) is 4.95. The normalized spacial score (nSPS) is 17.6. The Morgan fingerprint density at radius 3 is 2.82 bits per heavy atom. The molecule has 110 valence electrons. The van der Waals surface area contributed by atoms with Crippen molar-refractivity contribution in [3.05, 3.63) is 64.5 Å². The number of rotatable bonds is 2. The van der Waals surface area contributed by atoms with Crippen LogP contribution < -0.4 is 5.32 Å². The van der Waals surface area contributed by atoms with Crippen LogP contribution in [-0.2, 0) is 4.79 Å². The third-order valence-corrected chi connectivity index (χ3v) is 5.88. The Labute approximate surface area is 136 Å². The molecule has 1 aliphatic rings. The number of nitrogens with one attached hydrogen (secondary N) is 1. The second kappa shape index (κ2) is 5.62. The maximum Gasteiger partial charge on any atom is 0.235 e. The lowest BCUT2D eigenvalue weighted by molar-refractivity contribution is -0.113. The monoisotopic (exact) mass is 327 g/mol. The van der Waals surface area contributed by atoms with Crippen molar-refractivity contribution in [3.8, 4) is 5.69 Å². The average Bonchev–Trinajstić information content (AvgIpc) is 3.17. The molecule has 0 saturated heterocycles. The van der Waals surface area contributed by atoms with Crippen LogP contribution in [-0.4, -0.2) is 21.4 Å². The summed E-state index contributed by atoms with van der Waals surface area (Å²) in [4.78, 5) is 13.3. The number of aromatic nitrogens is 2. The molecule has 22 heavy (non-hydrogen) atoms. The van der Waals surface area contributed by atoms with E-state index < -0.39 is 0 Å². The van der Waals surface area contributed by atoms with Crippen LogP contribution in [0.15, 0.2) is 54.0 Å². The molecule has 1 atom stereocenters. The predicted octanol–water partition coefficient (Wildman–Crippen LogP) is 3.71. The van der Waals surface area contributed by atoms with Crippen LogP contribution in [0.1, 0.15) is 15.7 Å². The van der Waals surface area contributed by atoms with Crippen LogP contribution in [0.2, 0.25) is 0 Å². The highest BCUT2D eigenvalue weighted by Crippen LogP contribution is 2.43. The zero-order valence-electron chi connectivity index (χ0n) is 11.6. The number of nitrogens with zero attached hydrogens (tertiary/aromatic N) is 2. The second-order valence-corrected chi connectivity index (χ2v) is 7.02. The number of thiophene rings is 1. The molecule has 0 radical (unpaired) electrons. The van der Waals surface area contributed by atoms with Gasteiger partial charge >= 0.3 is 0 Å². The van der Waals surface area contributed by atoms with E-state index in [-0.39, 0.29) is 11.2 Å². The number of anilines is 1. The highest BCUT2D eigenvalue weighted by molar-refractivity contribution is 8.00. The molecule has 1 aromatic carbocycles. The van der Waals surface area contributed by atoms with Crippen molar-refractivity contribution in [1.82, 2.24) is 9.78 Å². The Kier molecular flexibility index (Phi) is 3.48. The summed E-state index contributed by atoms with van der Waals surface area (Å²) in [5.74, 6) is 1.24. The molecule has 3 aromatic rings. The van der Waals surface area contributed by atoms with Crippen molar-refractivity contribution < 1.29 is 4.79 Å². The third-order valence-electron chi connectivity index (χ3n) is 3.52. The van der Waals surface area contributed by atoms with E-state index in [1.165, 1.54) is 4.88 Å². The lowest BCUT2D eigenvalue weighted by atomic mass is 10.2. The number of fused-ring (bicyclic) bond motifs is 1. The van der Waals surface area contributed by atoms with Crippen molar-refractivity contribution in [2.45, 2.75) is 5.25 Å². The Hall–Kier alpha value is -2.05. The minimum absolute atomic E-state index is 0.0167. The lowest BCUT2D eigenvalue weighted by Gasteiger charge is -2.12. The van der Waals surface area contributed by atoms with E-state index in [4.69, 9.17) is 0 Å². The Bertz CT molecular complexity index is 796. The molecule has 3 heterocycles. The first-order chi connectivity index (χ1) is 10.8. The Morgan fingerprint density at radius 2 is 2.05 bits per heavy atom. The van der Waals surface area contributed by atoms with Gasteiger partial charge in [0.2, 0.25) is 5.91 Å². The van der Waals surface area contributed by atoms with Gasteiger partial charge in [0.05, 0.1) is 22.9 Å². The number of hydrogen-bond acceptors (Lipinski definition) is 4. The molecular weight excluding hydrogens is 314 g/mol. The fraction of sp³-hybridized carbons (Fsp3) is 0.125. The van der Waals surface area contributed by atoms with E-state index in [0.717, 1.165) is 17.1 Å². The molecule has 0 unspecified atom stereocenters. The molecule has 0 saturated carbocycles. The summed E-state index contributed by atoms with van der Waals surface area (Å²) in [6.45, 7) is 0. The smallest absolute Gasteiger partial charge is 0.235 e. The van der Waals surface area contributed by atoms with Crippen LogP contribution >= 0.6 is 23.1 Å². The fourth-order valence-electron chi connectivity index (χ4n) is 2.54. The van der Waals surface area contributed by atoms with Crippen LogP contribution in [0.25, 0.3) is 5.69 Å². The standard InChI is InChI=1S/C16H13N3OS2/c20-14-10-22-15(13-7-4-8-21-13)12-9-17-19(16(12)18-14)11-5-2-1-3-6-11/h1-9,15H,10H2,(H,18,20)/t15-/m1/s1. The Morgan fingerprint density at radius 1 is 1.18 bits per heavy atom. The van der Waals surface area contributed by atoms with Gasteiger partial charge in [-0.1, -0.05) is 24.3 Å². The van der Waals surface area contributed by atoms with Gasteiger partial charge in [-0.15, -0.1) is 23.1 Å². The number of para-hydroxylation sites is 1. The van der Waals surface area contributed by atoms with Crippen LogP contribution in [0.4, 0.5) is 5.82 Å². The third kappa shape index (κ3) is 2.34. The Balaban J connectivity index is 1.85. The molecule has 0 fully saturated rings. The lowest BCUT2D eigenvalue weighted by Crippen LogP contribution is -2.15. The molecule has 1 aliphatic heterocycles. The van der Waals surface area contributed by atoms with E-state index in [1.54, 1.807) is 27.8 Å². The van der Waals surface area contributed by atoms with Crippen molar-refractivity contribution >= 4 is 34.8 Å². The van der Waals surface area contributed by atoms with Gasteiger partial charge in [0, 0.05) is 10.4 Å². The molecule has 1 amide bonds. The fourth-order valence-corrected chi connectivity index (χ4v) is 4.61. The molecular formula is C16H13N3OS2. The van der Waals surface area contributed by atoms with Crippen molar-refractivity contribution in [3.63, 3.8) is 0 Å². The highest BCUT2D eigenvalue weighted by atomic mass is 32.2. The summed E-state index contributed by atoms with van der Waals surface area (Å²) < 4.78 is 1.81. The summed E-state index contributed by atoms with van der Waals surface area (Å²) in [5.41, 5.74) is 2.00. The van der Waals surface area contributed by atoms with Gasteiger partial charge in [-0.05, 0) is 23.6 Å². The largest absolute Gasteiger partial charge is 0.310 e. The number of benzene rings is 1. The van der Waals surface area contributed by atoms with Crippen LogP contribution in [0.3, 0.4) is 0 Å². The molecule has 4 rings (SSSR count). The van der Waals surface area contributed by atoms with Crippen LogP contribution in [0.5, 0.6) is 0 Å². The SMILES string of the molecule is O=C1CS[C@@H](c2cccs2)c2cnn(-c3ccccc3)c2N1. The summed E-state index contributed by atoms with van der Waals surface area (Å²) in [5, 5.41) is 9.72. The molecule has 1 N–H and O–H groups in total. The molecule has 2 aromatic heterocycles. The van der Waals surface area contributed by atoms with E-state index in [9.17, 15) is 4.79 Å². The van der Waals surface area contributed by atoms with Gasteiger partial charge in [0.1, 0.15) is 5.82 Å². The zero-order valence-corrected chi connectivity index (χ0v) is 13.2. The van der Waals surface area contributed by atoms with Gasteiger partial charge in [-0.2, -0.15) is 5.10 Å². The summed E-state index contributed by atoms with van der Waals surface area (Å²) in [6.07, 6.45) is 1.87. The minimum atomic E-state index is 0.0167. The maximum atomic E-state index is 12.1. The topological polar surface area (TPSA) is 46.9 Å². The van der Waals surface area contributed by atoms with Crippen molar-refractivity contribution in [1.29, 1.82) is 0 Å². The van der Waals surface area contributed by atoms with Crippen LogP contribution in [0, 0.1) is 0 Å². The first-order valence-corrected chi connectivity index (χ1v) is 8.84. The van der Waals surface area contributed by atoms with E-state index in [2.05, 4.69) is 21.9 Å². The molecule has 6 heteroatoms. The van der Waals surface area contributed by atoms with Gasteiger partial charge in [0.15, 0.2) is 0 Å². The van der Waals surface area contributed by atoms with E-state index >= 15 is 0 Å². The first kappa shape index (κ1) is 13.6. The van der Waals surface area contributed by atoms with Gasteiger partial charge in [0.25, 0.3) is 0 Å². The van der Waals surface area contributed by atoms with Gasteiger partial charge in [-0.25, -0.2) is 4.68 Å². The number of carbonyl (C=O) groups is 1. The van der Waals surface area contributed by atoms with Crippen molar-refractivity contribution in [2.75, 3.05) is 11.1 Å². The molecule has 0 bridgehead atoms. The predicted molar refractivity (Wildman–Crippen MR) is 90.8 cm³/mol. The number of amides is 1. The zero-order chi connectivity index (χ0) is 14.9. The minimum Gasteiger partial charge on any atom is -0.310 e. The maximum absolute atomic E-state index is 12.1. The molecule has 0 spiro atoms. The number of carbonyl (C=O) groups excluding carboxylic acids is 1. The molecule has 4 nitrogen and oxygen atoms in total. The van der Waals surface area contributed by atoms with Gasteiger partial charge in [-0.3, -0.25) is 4.79 Å². The summed E-state index contributed by atoms with van der Waals surface area (Å²) in [6, 6.07) is 14.0. The first-order valence-electron chi connectivity index (χ1n) is 6.91. The number of thioether (sulfide) groups is 1. The van der Waals surface area contributed by atoms with Gasteiger partial charge < -0.3 is 5.32 Å².